The molecule has 3 rings (SSSR count). The number of hydrogen-bond acceptors (Lipinski definition) is 3. The number of fused-ring (bicyclic) bond motifs is 1. The quantitative estimate of drug-likeness (QED) is 0.373. The van der Waals surface area contributed by atoms with Gasteiger partial charge in [-0.1, -0.05) is 18.2 Å². The van der Waals surface area contributed by atoms with E-state index in [-0.39, 0.29) is 17.7 Å². The van der Waals surface area contributed by atoms with Crippen LogP contribution in [-0.4, -0.2) is 21.9 Å². The summed E-state index contributed by atoms with van der Waals surface area (Å²) < 4.78 is 134. The molecule has 4 nitrogen and oxygen atoms in total. The average molecular weight is 501 g/mol. The number of halogens is 10. The van der Waals surface area contributed by atoms with Crippen LogP contribution in [-0.2, 0) is 18.4 Å². The largest absolute Gasteiger partial charge is 0.438 e. The van der Waals surface area contributed by atoms with Crippen LogP contribution in [0.4, 0.5) is 49.6 Å². The fourth-order valence-corrected chi connectivity index (χ4v) is 3.31. The van der Waals surface area contributed by atoms with Gasteiger partial charge in [0.2, 0.25) is 5.69 Å². The molecule has 1 heterocycles. The second kappa shape index (κ2) is 7.87. The zero-order valence-corrected chi connectivity index (χ0v) is 16.8. The second-order valence-electron chi connectivity index (χ2n) is 7.40. The molecular formula is C20H13F10N3O. The van der Waals surface area contributed by atoms with Gasteiger partial charge in [-0.2, -0.15) is 39.5 Å². The highest BCUT2D eigenvalue weighted by atomic mass is 19.4. The van der Waals surface area contributed by atoms with E-state index in [1.807, 2.05) is 0 Å². The molecule has 0 saturated carbocycles. The maximum atomic E-state index is 14.4. The highest BCUT2D eigenvalue weighted by Gasteiger charge is 2.73. The topological polar surface area (TPSA) is 60.9 Å². The van der Waals surface area contributed by atoms with Gasteiger partial charge in [-0.3, -0.25) is 4.79 Å². The van der Waals surface area contributed by atoms with Crippen LogP contribution in [0, 0.1) is 6.92 Å². The van der Waals surface area contributed by atoms with E-state index in [9.17, 15) is 48.7 Å². The monoisotopic (exact) mass is 501 g/mol. The van der Waals surface area contributed by atoms with Gasteiger partial charge in [-0.25, -0.2) is 9.37 Å². The molecule has 14 heteroatoms. The Hall–Kier alpha value is -3.32. The van der Waals surface area contributed by atoms with Crippen LogP contribution in [0.15, 0.2) is 41.2 Å². The molecule has 0 radical (unpaired) electrons. The number of anilines is 1. The lowest BCUT2D eigenvalue weighted by Crippen LogP contribution is -2.50. The SMILES string of the molecule is Cc1cc(Cn2c(=O)c(C(F)(F)F)nc3cc(C(F)(C(F)(F)F)C(F)(F)F)ccc32)ccc1N. The van der Waals surface area contributed by atoms with Gasteiger partial charge in [0, 0.05) is 11.3 Å². The summed E-state index contributed by atoms with van der Waals surface area (Å²) in [5, 5.41) is 0. The Morgan fingerprint density at radius 1 is 0.882 bits per heavy atom. The number of aryl methyl sites for hydroxylation is 1. The molecule has 2 aromatic carbocycles. The standard InChI is InChI=1S/C20H13F10N3O/c1-9-6-10(2-4-12(9)31)8-33-14-5-3-11(17(21,19(25,26)27)20(28,29)30)7-13(14)32-15(16(33)34)18(22,23)24/h2-7H,8,31H2,1H3. The summed E-state index contributed by atoms with van der Waals surface area (Å²) in [6, 6.07) is 4.66. The molecule has 184 valence electrons. The van der Waals surface area contributed by atoms with Gasteiger partial charge >= 0.3 is 24.2 Å². The Morgan fingerprint density at radius 2 is 1.47 bits per heavy atom. The molecule has 3 aromatic rings. The van der Waals surface area contributed by atoms with Crippen molar-refractivity contribution < 1.29 is 43.9 Å². The first-order chi connectivity index (χ1) is 15.4. The van der Waals surface area contributed by atoms with Crippen LogP contribution in [0.5, 0.6) is 0 Å². The molecule has 0 amide bonds. The highest BCUT2D eigenvalue weighted by Crippen LogP contribution is 2.53. The van der Waals surface area contributed by atoms with Crippen molar-refractivity contribution in [2.24, 2.45) is 0 Å². The second-order valence-corrected chi connectivity index (χ2v) is 7.40. The molecule has 0 bridgehead atoms. The van der Waals surface area contributed by atoms with E-state index in [2.05, 4.69) is 4.98 Å². The number of hydrogen-bond donors (Lipinski definition) is 1. The minimum absolute atomic E-state index is 0.0996. The lowest BCUT2D eigenvalue weighted by Gasteiger charge is -2.30. The van der Waals surface area contributed by atoms with Gasteiger partial charge in [0.05, 0.1) is 17.6 Å². The van der Waals surface area contributed by atoms with Crippen molar-refractivity contribution in [3.05, 3.63) is 69.1 Å². The summed E-state index contributed by atoms with van der Waals surface area (Å²) in [5.74, 6) is 0. The fraction of sp³-hybridized carbons (Fsp3) is 0.300. The minimum atomic E-state index is -6.48. The van der Waals surface area contributed by atoms with Crippen LogP contribution in [0.2, 0.25) is 0 Å². The normalized spacial score (nSPS) is 13.5. The van der Waals surface area contributed by atoms with Crippen LogP contribution in [0.1, 0.15) is 22.4 Å². The van der Waals surface area contributed by atoms with E-state index in [0.29, 0.717) is 21.9 Å². The number of nitrogen functional groups attached to an aromatic ring is 1. The summed E-state index contributed by atoms with van der Waals surface area (Å²) in [6.07, 6.45) is -18.4. The first-order valence-electron chi connectivity index (χ1n) is 9.17. The molecule has 0 atom stereocenters. The lowest BCUT2D eigenvalue weighted by molar-refractivity contribution is -0.348. The number of nitrogens with two attached hydrogens (primary N) is 1. The molecule has 0 unspecified atom stereocenters. The zero-order chi connectivity index (χ0) is 25.9. The highest BCUT2D eigenvalue weighted by molar-refractivity contribution is 5.76. The third-order valence-corrected chi connectivity index (χ3v) is 5.07. The maximum absolute atomic E-state index is 14.4. The molecule has 0 spiro atoms. The number of rotatable bonds is 3. The Labute approximate surface area is 183 Å². The van der Waals surface area contributed by atoms with E-state index in [0.717, 1.165) is 0 Å². The van der Waals surface area contributed by atoms with Gasteiger partial charge in [-0.05, 0) is 36.2 Å². The number of aromatic nitrogens is 2. The summed E-state index contributed by atoms with van der Waals surface area (Å²) in [4.78, 5) is 15.4. The van der Waals surface area contributed by atoms with E-state index in [1.54, 1.807) is 6.92 Å². The Kier molecular flexibility index (Phi) is 5.86. The molecule has 1 aromatic heterocycles. The van der Waals surface area contributed by atoms with Crippen LogP contribution < -0.4 is 11.3 Å². The first kappa shape index (κ1) is 25.3. The molecule has 0 aliphatic heterocycles. The van der Waals surface area contributed by atoms with Crippen molar-refractivity contribution in [1.29, 1.82) is 0 Å². The first-order valence-corrected chi connectivity index (χ1v) is 9.17. The van der Waals surface area contributed by atoms with Gasteiger partial charge in [0.15, 0.2) is 0 Å². The number of alkyl halides is 10. The van der Waals surface area contributed by atoms with E-state index >= 15 is 0 Å². The number of nitrogens with zero attached hydrogens (tertiary/aromatic N) is 2. The van der Waals surface area contributed by atoms with E-state index in [4.69, 9.17) is 5.73 Å². The van der Waals surface area contributed by atoms with Gasteiger partial charge < -0.3 is 10.3 Å². The summed E-state index contributed by atoms with van der Waals surface area (Å²) in [5.41, 5.74) is -6.59. The van der Waals surface area contributed by atoms with Crippen molar-refractivity contribution >= 4 is 16.7 Å². The molecule has 0 saturated heterocycles. The third-order valence-electron chi connectivity index (χ3n) is 5.07. The van der Waals surface area contributed by atoms with Crippen molar-refractivity contribution in [2.45, 2.75) is 37.7 Å². The van der Waals surface area contributed by atoms with Crippen molar-refractivity contribution in [3.8, 4) is 0 Å². The number of benzene rings is 2. The van der Waals surface area contributed by atoms with Gasteiger partial charge in [0.1, 0.15) is 0 Å². The van der Waals surface area contributed by atoms with Crippen molar-refractivity contribution in [2.75, 3.05) is 5.73 Å². The Balaban J connectivity index is 2.34. The zero-order valence-electron chi connectivity index (χ0n) is 16.8. The smallest absolute Gasteiger partial charge is 0.399 e. The summed E-state index contributed by atoms with van der Waals surface area (Å²) in [7, 11) is 0. The summed E-state index contributed by atoms with van der Waals surface area (Å²) in [6.45, 7) is 1.01. The van der Waals surface area contributed by atoms with Crippen LogP contribution in [0.3, 0.4) is 0 Å². The van der Waals surface area contributed by atoms with E-state index in [1.165, 1.54) is 18.2 Å². The van der Waals surface area contributed by atoms with Gasteiger partial charge in [0.25, 0.3) is 5.56 Å². The third kappa shape index (κ3) is 4.16. The van der Waals surface area contributed by atoms with Crippen LogP contribution in [0.25, 0.3) is 11.0 Å². The minimum Gasteiger partial charge on any atom is -0.399 e. The molecule has 2 N–H and O–H groups in total. The van der Waals surface area contributed by atoms with E-state index < -0.39 is 58.6 Å². The van der Waals surface area contributed by atoms with Crippen molar-refractivity contribution in [3.63, 3.8) is 0 Å². The Bertz CT molecular complexity index is 1290. The van der Waals surface area contributed by atoms with Crippen LogP contribution >= 0.6 is 0 Å². The summed E-state index contributed by atoms with van der Waals surface area (Å²) >= 11 is 0. The average Bonchev–Trinajstić information content (AvgIpc) is 2.69. The molecular weight excluding hydrogens is 488 g/mol. The molecule has 0 aliphatic rings. The Morgan fingerprint density at radius 3 is 1.97 bits per heavy atom. The lowest BCUT2D eigenvalue weighted by atomic mass is 9.93. The maximum Gasteiger partial charge on any atom is 0.438 e. The van der Waals surface area contributed by atoms with Crippen molar-refractivity contribution in [1.82, 2.24) is 9.55 Å². The molecule has 34 heavy (non-hydrogen) atoms. The van der Waals surface area contributed by atoms with Gasteiger partial charge in [-0.15, -0.1) is 0 Å². The fourth-order valence-electron chi connectivity index (χ4n) is 3.31. The predicted octanol–water partition coefficient (Wildman–Crippen LogP) is 5.64. The molecule has 0 fully saturated rings. The molecule has 0 aliphatic carbocycles. The predicted molar refractivity (Wildman–Crippen MR) is 101 cm³/mol.